The lowest BCUT2D eigenvalue weighted by atomic mass is 10.0. The number of nitrogens with zero attached hydrogens (tertiary/aromatic N) is 3. The number of hydrogen-bond donors (Lipinski definition) is 2. The molecule has 1 saturated heterocycles. The van der Waals surface area contributed by atoms with Gasteiger partial charge in [0.05, 0.1) is 11.3 Å². The number of nitrogens with two attached hydrogens (primary N) is 1. The summed E-state index contributed by atoms with van der Waals surface area (Å²) in [5, 5.41) is 3.43. The van der Waals surface area contributed by atoms with Crippen molar-refractivity contribution < 1.29 is 4.79 Å². The molecule has 0 radical (unpaired) electrons. The van der Waals surface area contributed by atoms with E-state index in [9.17, 15) is 4.79 Å². The Morgan fingerprint density at radius 2 is 2.09 bits per heavy atom. The summed E-state index contributed by atoms with van der Waals surface area (Å²) in [5.41, 5.74) is 7.63. The van der Waals surface area contributed by atoms with Crippen molar-refractivity contribution in [3.8, 4) is 0 Å². The Hall–Kier alpha value is -2.63. The molecule has 3 heterocycles. The first kappa shape index (κ1) is 15.3. The summed E-state index contributed by atoms with van der Waals surface area (Å²) in [5.74, 6) is 0.576. The highest BCUT2D eigenvalue weighted by molar-refractivity contribution is 5.98. The van der Waals surface area contributed by atoms with E-state index >= 15 is 0 Å². The van der Waals surface area contributed by atoms with Crippen molar-refractivity contribution in [1.29, 1.82) is 0 Å². The molecule has 120 valence electrons. The topological polar surface area (TPSA) is 84.1 Å². The molecule has 0 unspecified atom stereocenters. The number of hydrogen-bond acceptors (Lipinski definition) is 5. The molecule has 1 amide bonds. The summed E-state index contributed by atoms with van der Waals surface area (Å²) in [7, 11) is 0. The van der Waals surface area contributed by atoms with Crippen molar-refractivity contribution in [3.05, 3.63) is 47.9 Å². The molecule has 0 bridgehead atoms. The Morgan fingerprint density at radius 1 is 1.30 bits per heavy atom. The lowest BCUT2D eigenvalue weighted by molar-refractivity contribution is 0.100. The van der Waals surface area contributed by atoms with Gasteiger partial charge in [-0.05, 0) is 38.0 Å². The largest absolute Gasteiger partial charge is 0.381 e. The molecule has 0 atom stereocenters. The normalized spacial score (nSPS) is 15.4. The highest BCUT2D eigenvalue weighted by Crippen LogP contribution is 2.22. The Labute approximate surface area is 135 Å². The number of pyridine rings is 2. The number of amides is 1. The fourth-order valence-corrected chi connectivity index (χ4v) is 2.89. The van der Waals surface area contributed by atoms with Crippen molar-refractivity contribution in [2.24, 2.45) is 5.73 Å². The van der Waals surface area contributed by atoms with E-state index < -0.39 is 5.91 Å². The molecular weight excluding hydrogens is 290 g/mol. The molecular formula is C17H21N5O. The average Bonchev–Trinajstić information content (AvgIpc) is 2.56. The number of primary amides is 1. The molecule has 0 aliphatic carbocycles. The van der Waals surface area contributed by atoms with Crippen molar-refractivity contribution in [1.82, 2.24) is 9.97 Å². The fourth-order valence-electron chi connectivity index (χ4n) is 2.89. The summed E-state index contributed by atoms with van der Waals surface area (Å²) < 4.78 is 0. The second-order valence-corrected chi connectivity index (χ2v) is 5.83. The molecule has 1 aliphatic heterocycles. The van der Waals surface area contributed by atoms with Crippen LogP contribution in [0.2, 0.25) is 0 Å². The van der Waals surface area contributed by atoms with E-state index in [2.05, 4.69) is 26.3 Å². The lowest BCUT2D eigenvalue weighted by Crippen LogP contribution is -2.39. The van der Waals surface area contributed by atoms with Gasteiger partial charge in [0.1, 0.15) is 5.82 Å². The third-order valence-corrected chi connectivity index (χ3v) is 4.14. The Morgan fingerprint density at radius 3 is 2.78 bits per heavy atom. The molecule has 3 rings (SSSR count). The highest BCUT2D eigenvalue weighted by atomic mass is 16.1. The van der Waals surface area contributed by atoms with Crippen LogP contribution >= 0.6 is 0 Å². The number of anilines is 2. The molecule has 0 saturated carbocycles. The van der Waals surface area contributed by atoms with Crippen LogP contribution in [-0.4, -0.2) is 35.0 Å². The maximum Gasteiger partial charge on any atom is 0.252 e. The van der Waals surface area contributed by atoms with E-state index in [4.69, 9.17) is 5.73 Å². The molecule has 3 N–H and O–H groups in total. The van der Waals surface area contributed by atoms with Gasteiger partial charge in [-0.3, -0.25) is 9.78 Å². The average molecular weight is 311 g/mol. The number of nitrogens with one attached hydrogen (secondary N) is 1. The Balaban J connectivity index is 1.63. The summed E-state index contributed by atoms with van der Waals surface area (Å²) in [6.45, 7) is 3.88. The van der Waals surface area contributed by atoms with E-state index in [1.807, 2.05) is 19.1 Å². The van der Waals surface area contributed by atoms with Crippen molar-refractivity contribution in [3.63, 3.8) is 0 Å². The number of piperidine rings is 1. The number of aromatic nitrogens is 2. The van der Waals surface area contributed by atoms with Gasteiger partial charge in [-0.25, -0.2) is 4.98 Å². The smallest absolute Gasteiger partial charge is 0.252 e. The minimum atomic E-state index is -0.456. The maximum absolute atomic E-state index is 11.5. The standard InChI is InChI=1S/C17H21N5O/c1-12-3-2-4-16(20-12)22-9-6-13(7-10-22)21-15-5-8-19-11-14(15)17(18)23/h2-5,8,11,13H,6-7,9-10H2,1H3,(H2,18,23)(H,19,21). The SMILES string of the molecule is Cc1cccc(N2CCC(Nc3ccncc3C(N)=O)CC2)n1. The van der Waals surface area contributed by atoms with E-state index in [0.717, 1.165) is 43.1 Å². The van der Waals surface area contributed by atoms with Crippen molar-refractivity contribution >= 4 is 17.4 Å². The second kappa shape index (κ2) is 6.64. The summed E-state index contributed by atoms with van der Waals surface area (Å²) >= 11 is 0. The third kappa shape index (κ3) is 3.59. The van der Waals surface area contributed by atoms with Crippen LogP contribution in [0.4, 0.5) is 11.5 Å². The van der Waals surface area contributed by atoms with Crippen LogP contribution < -0.4 is 16.0 Å². The van der Waals surface area contributed by atoms with Gasteiger partial charge >= 0.3 is 0 Å². The van der Waals surface area contributed by atoms with Gasteiger partial charge in [-0.2, -0.15) is 0 Å². The van der Waals surface area contributed by atoms with Gasteiger partial charge in [-0.1, -0.05) is 6.07 Å². The van der Waals surface area contributed by atoms with Crippen LogP contribution in [0.25, 0.3) is 0 Å². The van der Waals surface area contributed by atoms with Crippen LogP contribution in [0.3, 0.4) is 0 Å². The predicted molar refractivity (Wildman–Crippen MR) is 90.6 cm³/mol. The monoisotopic (exact) mass is 311 g/mol. The van der Waals surface area contributed by atoms with Crippen LogP contribution in [0.15, 0.2) is 36.7 Å². The molecule has 0 aromatic carbocycles. The van der Waals surface area contributed by atoms with Crippen molar-refractivity contribution in [2.75, 3.05) is 23.3 Å². The van der Waals surface area contributed by atoms with Gasteiger partial charge in [0.2, 0.25) is 0 Å². The number of aryl methyl sites for hydroxylation is 1. The molecule has 2 aromatic rings. The van der Waals surface area contributed by atoms with E-state index in [0.29, 0.717) is 11.6 Å². The Bertz CT molecular complexity index is 695. The number of carbonyl (C=O) groups is 1. The minimum Gasteiger partial charge on any atom is -0.381 e. The first-order chi connectivity index (χ1) is 11.1. The molecule has 6 nitrogen and oxygen atoms in total. The molecule has 6 heteroatoms. The van der Waals surface area contributed by atoms with E-state index in [1.165, 1.54) is 6.20 Å². The zero-order valence-electron chi connectivity index (χ0n) is 13.2. The fraction of sp³-hybridized carbons (Fsp3) is 0.353. The quantitative estimate of drug-likeness (QED) is 0.902. The first-order valence-corrected chi connectivity index (χ1v) is 7.82. The van der Waals surface area contributed by atoms with Gasteiger partial charge < -0.3 is 16.0 Å². The highest BCUT2D eigenvalue weighted by Gasteiger charge is 2.21. The van der Waals surface area contributed by atoms with Gasteiger partial charge in [-0.15, -0.1) is 0 Å². The zero-order chi connectivity index (χ0) is 16.2. The van der Waals surface area contributed by atoms with Gasteiger partial charge in [0, 0.05) is 37.2 Å². The summed E-state index contributed by atoms with van der Waals surface area (Å²) in [6, 6.07) is 8.21. The zero-order valence-corrected chi connectivity index (χ0v) is 13.2. The Kier molecular flexibility index (Phi) is 4.41. The number of rotatable bonds is 4. The van der Waals surface area contributed by atoms with E-state index in [-0.39, 0.29) is 0 Å². The number of carbonyl (C=O) groups excluding carboxylic acids is 1. The third-order valence-electron chi connectivity index (χ3n) is 4.14. The molecule has 2 aromatic heterocycles. The molecule has 0 spiro atoms. The van der Waals surface area contributed by atoms with Crippen LogP contribution in [0.5, 0.6) is 0 Å². The van der Waals surface area contributed by atoms with Crippen LogP contribution in [-0.2, 0) is 0 Å². The molecule has 1 aliphatic rings. The van der Waals surface area contributed by atoms with Gasteiger partial charge in [0.25, 0.3) is 5.91 Å². The lowest BCUT2D eigenvalue weighted by Gasteiger charge is -2.34. The predicted octanol–water partition coefficient (Wildman–Crippen LogP) is 1.96. The summed E-state index contributed by atoms with van der Waals surface area (Å²) in [4.78, 5) is 22.3. The van der Waals surface area contributed by atoms with E-state index in [1.54, 1.807) is 12.3 Å². The minimum absolute atomic E-state index is 0.316. The first-order valence-electron chi connectivity index (χ1n) is 7.82. The molecule has 23 heavy (non-hydrogen) atoms. The second-order valence-electron chi connectivity index (χ2n) is 5.83. The molecule has 1 fully saturated rings. The summed E-state index contributed by atoms with van der Waals surface area (Å²) in [6.07, 6.45) is 5.14. The maximum atomic E-state index is 11.5. The van der Waals surface area contributed by atoms with Crippen molar-refractivity contribution in [2.45, 2.75) is 25.8 Å². The van der Waals surface area contributed by atoms with Crippen LogP contribution in [0.1, 0.15) is 28.9 Å². The van der Waals surface area contributed by atoms with Gasteiger partial charge in [0.15, 0.2) is 0 Å². The van der Waals surface area contributed by atoms with Crippen LogP contribution in [0, 0.1) is 6.92 Å².